The van der Waals surface area contributed by atoms with Gasteiger partial charge in [0.25, 0.3) is 0 Å². The van der Waals surface area contributed by atoms with E-state index < -0.39 is 0 Å². The third-order valence-electron chi connectivity index (χ3n) is 3.60. The Hall–Kier alpha value is -1.12. The molecule has 0 radical (unpaired) electrons. The smallest absolute Gasteiger partial charge is 0.229 e. The molecule has 0 aromatic rings. The van der Waals surface area contributed by atoms with Crippen molar-refractivity contribution in [2.24, 2.45) is 5.92 Å². The highest BCUT2D eigenvalue weighted by Gasteiger charge is 2.40. The van der Waals surface area contributed by atoms with E-state index in [1.165, 1.54) is 0 Å². The number of likely N-dealkylation sites (N-methyl/N-ethyl adjacent to an activating group) is 1. The van der Waals surface area contributed by atoms with E-state index in [0.29, 0.717) is 32.2 Å². The molecule has 0 spiro atoms. The van der Waals surface area contributed by atoms with Gasteiger partial charge in [0.15, 0.2) is 0 Å². The highest BCUT2D eigenvalue weighted by atomic mass is 16.5. The number of nitrogens with one attached hydrogen (secondary N) is 1. The fraction of sp³-hybridized carbons (Fsp3) is 0.846. The van der Waals surface area contributed by atoms with Crippen LogP contribution in [0, 0.1) is 17.2 Å². The standard InChI is InChI=1S/C13H21N3O2/c1-2-15-12-9-18-8-11(12)13(17)16(7-3-6-14)10-4-5-10/h10-12,15H,2-5,7-9H2,1H3. The molecular weight excluding hydrogens is 230 g/mol. The van der Waals surface area contributed by atoms with Gasteiger partial charge in [-0.1, -0.05) is 6.92 Å². The number of rotatable bonds is 6. The summed E-state index contributed by atoms with van der Waals surface area (Å²) in [5.74, 6) is 0.0837. The van der Waals surface area contributed by atoms with Crippen molar-refractivity contribution in [1.82, 2.24) is 10.2 Å². The van der Waals surface area contributed by atoms with Crippen LogP contribution < -0.4 is 5.32 Å². The number of amides is 1. The molecule has 1 saturated heterocycles. The monoisotopic (exact) mass is 251 g/mol. The Kier molecular flexibility index (Phi) is 4.56. The zero-order valence-corrected chi connectivity index (χ0v) is 10.9. The van der Waals surface area contributed by atoms with Gasteiger partial charge in [0.05, 0.1) is 31.6 Å². The molecule has 1 amide bonds. The zero-order chi connectivity index (χ0) is 13.0. The first-order valence-electron chi connectivity index (χ1n) is 6.76. The van der Waals surface area contributed by atoms with E-state index in [1.807, 2.05) is 11.8 Å². The summed E-state index contributed by atoms with van der Waals surface area (Å²) in [7, 11) is 0. The van der Waals surface area contributed by atoms with Crippen molar-refractivity contribution in [2.75, 3.05) is 26.3 Å². The minimum Gasteiger partial charge on any atom is -0.379 e. The summed E-state index contributed by atoms with van der Waals surface area (Å²) in [6.07, 6.45) is 2.58. The Morgan fingerprint density at radius 2 is 2.28 bits per heavy atom. The van der Waals surface area contributed by atoms with Crippen LogP contribution in [0.25, 0.3) is 0 Å². The predicted octanol–water partition coefficient (Wildman–Crippen LogP) is 0.516. The first-order valence-corrected chi connectivity index (χ1v) is 6.76. The molecule has 2 rings (SSSR count). The van der Waals surface area contributed by atoms with Crippen molar-refractivity contribution in [3.63, 3.8) is 0 Å². The van der Waals surface area contributed by atoms with Gasteiger partial charge >= 0.3 is 0 Å². The maximum atomic E-state index is 12.5. The lowest BCUT2D eigenvalue weighted by Gasteiger charge is -2.27. The van der Waals surface area contributed by atoms with Crippen LogP contribution in [0.1, 0.15) is 26.2 Å². The van der Waals surface area contributed by atoms with Gasteiger partial charge in [0.2, 0.25) is 5.91 Å². The van der Waals surface area contributed by atoms with Crippen molar-refractivity contribution in [1.29, 1.82) is 5.26 Å². The lowest BCUT2D eigenvalue weighted by molar-refractivity contribution is -0.136. The Balaban J connectivity index is 1.96. The Morgan fingerprint density at radius 1 is 1.50 bits per heavy atom. The van der Waals surface area contributed by atoms with Gasteiger partial charge in [-0.05, 0) is 19.4 Å². The molecule has 0 aromatic heterocycles. The second-order valence-electron chi connectivity index (χ2n) is 4.98. The fourth-order valence-electron chi connectivity index (χ4n) is 2.50. The van der Waals surface area contributed by atoms with Gasteiger partial charge in [-0.15, -0.1) is 0 Å². The van der Waals surface area contributed by atoms with Gasteiger partial charge in [0, 0.05) is 18.6 Å². The molecular formula is C13H21N3O2. The summed E-state index contributed by atoms with van der Waals surface area (Å²) in [6, 6.07) is 2.62. The quantitative estimate of drug-likeness (QED) is 0.747. The topological polar surface area (TPSA) is 65.4 Å². The fourth-order valence-corrected chi connectivity index (χ4v) is 2.50. The number of hydrogen-bond acceptors (Lipinski definition) is 4. The number of ether oxygens (including phenoxy) is 1. The lowest BCUT2D eigenvalue weighted by atomic mass is 10.0. The summed E-state index contributed by atoms with van der Waals surface area (Å²) in [5.41, 5.74) is 0. The molecule has 5 nitrogen and oxygen atoms in total. The van der Waals surface area contributed by atoms with Crippen LogP contribution in [-0.2, 0) is 9.53 Å². The van der Waals surface area contributed by atoms with Crippen LogP contribution in [0.3, 0.4) is 0 Å². The van der Waals surface area contributed by atoms with Crippen molar-refractivity contribution in [3.05, 3.63) is 0 Å². The third-order valence-corrected chi connectivity index (χ3v) is 3.60. The minimum absolute atomic E-state index is 0.0794. The highest BCUT2D eigenvalue weighted by molar-refractivity contribution is 5.80. The zero-order valence-electron chi connectivity index (χ0n) is 10.9. The maximum Gasteiger partial charge on any atom is 0.229 e. The molecule has 2 fully saturated rings. The molecule has 2 unspecified atom stereocenters. The van der Waals surface area contributed by atoms with Gasteiger partial charge in [-0.2, -0.15) is 5.26 Å². The molecule has 2 aliphatic rings. The van der Waals surface area contributed by atoms with Crippen molar-refractivity contribution in [3.8, 4) is 6.07 Å². The molecule has 1 heterocycles. The molecule has 1 N–H and O–H groups in total. The molecule has 5 heteroatoms. The van der Waals surface area contributed by atoms with E-state index in [4.69, 9.17) is 10.00 Å². The molecule has 0 aromatic carbocycles. The first kappa shape index (κ1) is 13.3. The summed E-state index contributed by atoms with van der Waals surface area (Å²) >= 11 is 0. The average molecular weight is 251 g/mol. The second-order valence-corrected chi connectivity index (χ2v) is 4.98. The van der Waals surface area contributed by atoms with Crippen LogP contribution >= 0.6 is 0 Å². The minimum atomic E-state index is -0.0794. The molecule has 2 atom stereocenters. The van der Waals surface area contributed by atoms with Crippen LogP contribution in [0.15, 0.2) is 0 Å². The summed E-state index contributed by atoms with van der Waals surface area (Å²) in [4.78, 5) is 14.4. The summed E-state index contributed by atoms with van der Waals surface area (Å²) in [6.45, 7) is 4.57. The van der Waals surface area contributed by atoms with E-state index in [2.05, 4.69) is 11.4 Å². The third kappa shape index (κ3) is 3.01. The van der Waals surface area contributed by atoms with Crippen molar-refractivity contribution < 1.29 is 9.53 Å². The number of carbonyl (C=O) groups excluding carboxylic acids is 1. The van der Waals surface area contributed by atoms with E-state index in [-0.39, 0.29) is 17.9 Å². The first-order chi connectivity index (χ1) is 8.77. The molecule has 1 aliphatic heterocycles. The van der Waals surface area contributed by atoms with E-state index in [1.54, 1.807) is 0 Å². The number of nitriles is 1. The van der Waals surface area contributed by atoms with Gasteiger partial charge in [0.1, 0.15) is 0 Å². The molecule has 18 heavy (non-hydrogen) atoms. The molecule has 1 aliphatic carbocycles. The van der Waals surface area contributed by atoms with E-state index in [9.17, 15) is 4.79 Å². The van der Waals surface area contributed by atoms with E-state index >= 15 is 0 Å². The van der Waals surface area contributed by atoms with Crippen LogP contribution in [0.2, 0.25) is 0 Å². The number of nitrogens with zero attached hydrogens (tertiary/aromatic N) is 2. The van der Waals surface area contributed by atoms with Crippen LogP contribution in [-0.4, -0.2) is 49.2 Å². The normalized spacial score (nSPS) is 26.9. The Bertz CT molecular complexity index is 336. The average Bonchev–Trinajstić information content (AvgIpc) is 3.09. The van der Waals surface area contributed by atoms with Gasteiger partial charge < -0.3 is 15.0 Å². The van der Waals surface area contributed by atoms with Gasteiger partial charge in [-0.25, -0.2) is 0 Å². The van der Waals surface area contributed by atoms with Crippen LogP contribution in [0.4, 0.5) is 0 Å². The van der Waals surface area contributed by atoms with E-state index in [0.717, 1.165) is 19.4 Å². The largest absolute Gasteiger partial charge is 0.379 e. The highest BCUT2D eigenvalue weighted by Crippen LogP contribution is 2.29. The molecule has 0 bridgehead atoms. The predicted molar refractivity (Wildman–Crippen MR) is 66.7 cm³/mol. The SMILES string of the molecule is CCNC1COCC1C(=O)N(CCC#N)C1CC1. The second kappa shape index (κ2) is 6.17. The van der Waals surface area contributed by atoms with Crippen molar-refractivity contribution in [2.45, 2.75) is 38.3 Å². The lowest BCUT2D eigenvalue weighted by Crippen LogP contribution is -2.46. The number of carbonyl (C=O) groups is 1. The Morgan fingerprint density at radius 3 is 2.89 bits per heavy atom. The van der Waals surface area contributed by atoms with Crippen molar-refractivity contribution >= 4 is 5.91 Å². The summed E-state index contributed by atoms with van der Waals surface area (Å²) < 4.78 is 5.42. The maximum absolute atomic E-state index is 12.5. The molecule has 100 valence electrons. The summed E-state index contributed by atoms with van der Waals surface area (Å²) in [5, 5.41) is 12.0. The number of hydrogen-bond donors (Lipinski definition) is 1. The van der Waals surface area contributed by atoms with Crippen LogP contribution in [0.5, 0.6) is 0 Å². The van der Waals surface area contributed by atoms with Gasteiger partial charge in [-0.3, -0.25) is 4.79 Å². The Labute approximate surface area is 108 Å². The molecule has 1 saturated carbocycles.